The number of hydrogen-bond acceptors (Lipinski definition) is 3. The van der Waals surface area contributed by atoms with E-state index in [2.05, 4.69) is 10.2 Å². The van der Waals surface area contributed by atoms with Gasteiger partial charge in [0, 0.05) is 5.56 Å². The number of nitrogens with zero attached hydrogens (tertiary/aromatic N) is 1. The van der Waals surface area contributed by atoms with E-state index in [1.807, 2.05) is 37.3 Å². The third-order valence-corrected chi connectivity index (χ3v) is 2.37. The van der Waals surface area contributed by atoms with Crippen LogP contribution in [-0.4, -0.2) is 10.2 Å². The lowest BCUT2D eigenvalue weighted by molar-refractivity contribution is 0.0668. The fourth-order valence-corrected chi connectivity index (χ4v) is 1.51. The monoisotopic (exact) mass is 203 g/mol. The third kappa shape index (κ3) is 1.91. The summed E-state index contributed by atoms with van der Waals surface area (Å²) >= 11 is 0. The van der Waals surface area contributed by atoms with Crippen LogP contribution in [0.15, 0.2) is 36.5 Å². The van der Waals surface area contributed by atoms with E-state index < -0.39 is 0 Å². The standard InChI is InChI=1S/C11H13N3O/c1-8(15-12)10-7-13-14-11(10)9-5-3-2-4-6-9/h2-8H,12H2,1H3,(H,13,14). The lowest BCUT2D eigenvalue weighted by atomic mass is 10.1. The minimum Gasteiger partial charge on any atom is -0.297 e. The Bertz CT molecular complexity index is 424. The van der Waals surface area contributed by atoms with E-state index >= 15 is 0 Å². The van der Waals surface area contributed by atoms with Crippen LogP contribution in [0.25, 0.3) is 11.3 Å². The van der Waals surface area contributed by atoms with Crippen LogP contribution in [0.3, 0.4) is 0 Å². The molecule has 0 aliphatic carbocycles. The Hall–Kier alpha value is -1.65. The van der Waals surface area contributed by atoms with Crippen LogP contribution in [0, 0.1) is 0 Å². The van der Waals surface area contributed by atoms with Gasteiger partial charge < -0.3 is 0 Å². The molecular formula is C11H13N3O. The molecule has 78 valence electrons. The molecular weight excluding hydrogens is 190 g/mol. The van der Waals surface area contributed by atoms with Crippen molar-refractivity contribution in [3.63, 3.8) is 0 Å². The Labute approximate surface area is 88.0 Å². The summed E-state index contributed by atoms with van der Waals surface area (Å²) in [4.78, 5) is 4.80. The summed E-state index contributed by atoms with van der Waals surface area (Å²) in [6.07, 6.45) is 1.57. The Morgan fingerprint density at radius 3 is 2.73 bits per heavy atom. The quantitative estimate of drug-likeness (QED) is 0.750. The van der Waals surface area contributed by atoms with Crippen molar-refractivity contribution in [2.45, 2.75) is 13.0 Å². The molecule has 1 heterocycles. The van der Waals surface area contributed by atoms with Gasteiger partial charge >= 0.3 is 0 Å². The molecule has 0 amide bonds. The molecule has 2 rings (SSSR count). The van der Waals surface area contributed by atoms with Crippen LogP contribution in [0.2, 0.25) is 0 Å². The molecule has 3 N–H and O–H groups in total. The molecule has 0 fully saturated rings. The molecule has 4 heteroatoms. The first-order valence-corrected chi connectivity index (χ1v) is 4.77. The Morgan fingerprint density at radius 2 is 2.07 bits per heavy atom. The summed E-state index contributed by atoms with van der Waals surface area (Å²) in [6, 6.07) is 9.96. The molecule has 1 atom stereocenters. The largest absolute Gasteiger partial charge is 0.297 e. The number of benzene rings is 1. The summed E-state index contributed by atoms with van der Waals surface area (Å²) < 4.78 is 0. The van der Waals surface area contributed by atoms with Crippen molar-refractivity contribution in [1.29, 1.82) is 0 Å². The van der Waals surface area contributed by atoms with Gasteiger partial charge in [-0.25, -0.2) is 5.90 Å². The predicted molar refractivity (Wildman–Crippen MR) is 57.7 cm³/mol. The van der Waals surface area contributed by atoms with Gasteiger partial charge in [0.2, 0.25) is 0 Å². The van der Waals surface area contributed by atoms with E-state index in [1.165, 1.54) is 0 Å². The van der Waals surface area contributed by atoms with E-state index in [0.717, 1.165) is 16.8 Å². The zero-order valence-electron chi connectivity index (χ0n) is 8.47. The average Bonchev–Trinajstić information content (AvgIpc) is 2.78. The van der Waals surface area contributed by atoms with Crippen molar-refractivity contribution < 1.29 is 4.84 Å². The molecule has 0 spiro atoms. The van der Waals surface area contributed by atoms with Crippen LogP contribution >= 0.6 is 0 Å². The van der Waals surface area contributed by atoms with E-state index in [-0.39, 0.29) is 6.10 Å². The summed E-state index contributed by atoms with van der Waals surface area (Å²) in [7, 11) is 0. The molecule has 15 heavy (non-hydrogen) atoms. The second kappa shape index (κ2) is 4.25. The summed E-state index contributed by atoms with van der Waals surface area (Å²) in [6.45, 7) is 1.89. The van der Waals surface area contributed by atoms with Crippen molar-refractivity contribution >= 4 is 0 Å². The summed E-state index contributed by atoms with van der Waals surface area (Å²) in [5.41, 5.74) is 2.99. The maximum absolute atomic E-state index is 5.17. The van der Waals surface area contributed by atoms with Crippen LogP contribution in [0.1, 0.15) is 18.6 Å². The van der Waals surface area contributed by atoms with Crippen LogP contribution in [-0.2, 0) is 4.84 Å². The van der Waals surface area contributed by atoms with Gasteiger partial charge in [0.1, 0.15) is 6.10 Å². The first-order valence-electron chi connectivity index (χ1n) is 4.77. The van der Waals surface area contributed by atoms with Gasteiger partial charge in [0.05, 0.1) is 11.9 Å². The van der Waals surface area contributed by atoms with E-state index in [4.69, 9.17) is 10.7 Å². The molecule has 0 saturated heterocycles. The zero-order chi connectivity index (χ0) is 10.7. The highest BCUT2D eigenvalue weighted by atomic mass is 16.6. The highest BCUT2D eigenvalue weighted by Crippen LogP contribution is 2.26. The molecule has 1 aromatic heterocycles. The number of aromatic amines is 1. The van der Waals surface area contributed by atoms with Gasteiger partial charge in [-0.3, -0.25) is 9.94 Å². The van der Waals surface area contributed by atoms with E-state index in [0.29, 0.717) is 0 Å². The van der Waals surface area contributed by atoms with Crippen molar-refractivity contribution in [3.8, 4) is 11.3 Å². The van der Waals surface area contributed by atoms with Gasteiger partial charge in [-0.15, -0.1) is 0 Å². The summed E-state index contributed by atoms with van der Waals surface area (Å²) in [5, 5.41) is 6.96. The molecule has 0 radical (unpaired) electrons. The Balaban J connectivity index is 2.41. The normalized spacial score (nSPS) is 12.7. The van der Waals surface area contributed by atoms with Crippen molar-refractivity contribution in [1.82, 2.24) is 10.2 Å². The topological polar surface area (TPSA) is 63.9 Å². The average molecular weight is 203 g/mol. The third-order valence-electron chi connectivity index (χ3n) is 2.37. The zero-order valence-corrected chi connectivity index (χ0v) is 8.47. The number of aromatic nitrogens is 2. The molecule has 0 saturated carbocycles. The molecule has 0 bridgehead atoms. The van der Waals surface area contributed by atoms with E-state index in [1.54, 1.807) is 6.20 Å². The first-order chi connectivity index (χ1) is 7.33. The maximum Gasteiger partial charge on any atom is 0.104 e. The second-order valence-corrected chi connectivity index (χ2v) is 3.34. The van der Waals surface area contributed by atoms with Crippen molar-refractivity contribution in [3.05, 3.63) is 42.1 Å². The van der Waals surface area contributed by atoms with Crippen molar-refractivity contribution in [2.75, 3.05) is 0 Å². The molecule has 1 aromatic carbocycles. The van der Waals surface area contributed by atoms with Gasteiger partial charge in [0.25, 0.3) is 0 Å². The fraction of sp³-hybridized carbons (Fsp3) is 0.182. The lowest BCUT2D eigenvalue weighted by Crippen LogP contribution is -2.05. The van der Waals surface area contributed by atoms with Crippen LogP contribution in [0.5, 0.6) is 0 Å². The first kappa shape index (κ1) is 9.89. The van der Waals surface area contributed by atoms with Crippen LogP contribution < -0.4 is 5.90 Å². The summed E-state index contributed by atoms with van der Waals surface area (Å²) in [5.74, 6) is 5.17. The van der Waals surface area contributed by atoms with Gasteiger partial charge in [-0.2, -0.15) is 5.10 Å². The number of nitrogens with one attached hydrogen (secondary N) is 1. The molecule has 1 unspecified atom stereocenters. The van der Waals surface area contributed by atoms with Gasteiger partial charge in [-0.1, -0.05) is 30.3 Å². The number of H-pyrrole nitrogens is 1. The molecule has 0 aliphatic heterocycles. The molecule has 0 aliphatic rings. The highest BCUT2D eigenvalue weighted by molar-refractivity contribution is 5.62. The smallest absolute Gasteiger partial charge is 0.104 e. The number of hydrogen-bond donors (Lipinski definition) is 2. The minimum absolute atomic E-state index is 0.168. The Kier molecular flexibility index (Phi) is 2.80. The maximum atomic E-state index is 5.17. The lowest BCUT2D eigenvalue weighted by Gasteiger charge is -2.08. The Morgan fingerprint density at radius 1 is 1.33 bits per heavy atom. The van der Waals surface area contributed by atoms with E-state index in [9.17, 15) is 0 Å². The molecule has 4 nitrogen and oxygen atoms in total. The van der Waals surface area contributed by atoms with Gasteiger partial charge in [0.15, 0.2) is 0 Å². The predicted octanol–water partition coefficient (Wildman–Crippen LogP) is 2.03. The number of nitrogens with two attached hydrogens (primary N) is 1. The second-order valence-electron chi connectivity index (χ2n) is 3.34. The SMILES string of the molecule is CC(ON)c1cn[nH]c1-c1ccccc1. The molecule has 2 aromatic rings. The fourth-order valence-electron chi connectivity index (χ4n) is 1.51. The van der Waals surface area contributed by atoms with Crippen molar-refractivity contribution in [2.24, 2.45) is 5.90 Å². The number of rotatable bonds is 3. The minimum atomic E-state index is -0.168. The van der Waals surface area contributed by atoms with Crippen LogP contribution in [0.4, 0.5) is 0 Å². The van der Waals surface area contributed by atoms with Gasteiger partial charge in [-0.05, 0) is 12.5 Å². The highest BCUT2D eigenvalue weighted by Gasteiger charge is 2.13.